The molecule has 2 fully saturated rings. The van der Waals surface area contributed by atoms with Crippen LogP contribution in [0.2, 0.25) is 0 Å². The topological polar surface area (TPSA) is 57.7 Å². The summed E-state index contributed by atoms with van der Waals surface area (Å²) in [5, 5.41) is 3.69. The van der Waals surface area contributed by atoms with Gasteiger partial charge in [-0.25, -0.2) is 9.78 Å². The number of aromatic nitrogens is 1. The molecule has 0 aliphatic carbocycles. The molecule has 25 heavy (non-hydrogen) atoms. The molecule has 0 bridgehead atoms. The molecule has 1 unspecified atom stereocenters. The lowest BCUT2D eigenvalue weighted by atomic mass is 9.90. The third-order valence-corrected chi connectivity index (χ3v) is 6.81. The molecule has 1 aromatic rings. The number of carbonyl (C=O) groups is 1. The Morgan fingerprint density at radius 3 is 2.72 bits per heavy atom. The molecule has 3 rings (SSSR count). The summed E-state index contributed by atoms with van der Waals surface area (Å²) in [6.45, 7) is 6.03. The number of piperidine rings is 1. The smallest absolute Gasteiger partial charge is 0.323 e. The second-order valence-electron chi connectivity index (χ2n) is 7.38. The highest BCUT2D eigenvalue weighted by atomic mass is 32.1. The fraction of sp³-hybridized carbons (Fsp3) is 0.778. The molecule has 2 aliphatic heterocycles. The normalized spacial score (nSPS) is 21.9. The molecule has 1 atom stereocenters. The van der Waals surface area contributed by atoms with Crippen LogP contribution < -0.4 is 5.32 Å². The number of urea groups is 1. The van der Waals surface area contributed by atoms with E-state index in [1.165, 1.54) is 4.88 Å². The molecule has 0 aromatic carbocycles. The van der Waals surface area contributed by atoms with E-state index in [0.29, 0.717) is 17.0 Å². The lowest BCUT2D eigenvalue weighted by molar-refractivity contribution is 0.0860. The largest absolute Gasteiger partial charge is 0.381 e. The lowest BCUT2D eigenvalue weighted by Crippen LogP contribution is -2.45. The van der Waals surface area contributed by atoms with Crippen LogP contribution in [0.25, 0.3) is 0 Å². The Labute approximate surface area is 154 Å². The van der Waals surface area contributed by atoms with Crippen LogP contribution in [0.3, 0.4) is 0 Å². The zero-order valence-corrected chi connectivity index (χ0v) is 16.3. The van der Waals surface area contributed by atoms with Gasteiger partial charge in [0.05, 0.1) is 0 Å². The fourth-order valence-electron chi connectivity index (χ4n) is 3.71. The summed E-state index contributed by atoms with van der Waals surface area (Å²) in [5.41, 5.74) is 0. The first-order valence-corrected chi connectivity index (χ1v) is 10.1. The van der Waals surface area contributed by atoms with E-state index in [9.17, 15) is 4.79 Å². The number of amides is 2. The molecular weight excluding hydrogens is 336 g/mol. The summed E-state index contributed by atoms with van der Waals surface area (Å²) in [6, 6.07) is 0.183. The van der Waals surface area contributed by atoms with Gasteiger partial charge in [0, 0.05) is 37.4 Å². The van der Waals surface area contributed by atoms with Crippen LogP contribution >= 0.6 is 11.3 Å². The van der Waals surface area contributed by atoms with E-state index in [1.54, 1.807) is 11.3 Å². The van der Waals surface area contributed by atoms with Crippen LogP contribution in [0.4, 0.5) is 9.93 Å². The van der Waals surface area contributed by atoms with Gasteiger partial charge in [-0.15, -0.1) is 11.3 Å². The SMILES string of the molecule is CC(C1CCN(C)CC1)N(C)C(=O)Nc1ncc(C2CCOCC2)s1. The number of anilines is 1. The Morgan fingerprint density at radius 1 is 1.36 bits per heavy atom. The van der Waals surface area contributed by atoms with Gasteiger partial charge in [-0.1, -0.05) is 0 Å². The summed E-state index contributed by atoms with van der Waals surface area (Å²) in [7, 11) is 4.06. The van der Waals surface area contributed by atoms with Gasteiger partial charge in [-0.2, -0.15) is 0 Å². The second kappa shape index (κ2) is 8.47. The van der Waals surface area contributed by atoms with Crippen LogP contribution in [0.5, 0.6) is 0 Å². The van der Waals surface area contributed by atoms with Crippen molar-refractivity contribution in [2.75, 3.05) is 45.7 Å². The highest BCUT2D eigenvalue weighted by Gasteiger charge is 2.28. The molecule has 140 valence electrons. The summed E-state index contributed by atoms with van der Waals surface area (Å²) in [6.07, 6.45) is 6.31. The maximum absolute atomic E-state index is 12.6. The van der Waals surface area contributed by atoms with Crippen molar-refractivity contribution in [2.24, 2.45) is 5.92 Å². The van der Waals surface area contributed by atoms with Crippen molar-refractivity contribution in [3.05, 3.63) is 11.1 Å². The number of nitrogens with zero attached hydrogens (tertiary/aromatic N) is 3. The van der Waals surface area contributed by atoms with Crippen LogP contribution in [-0.2, 0) is 4.74 Å². The van der Waals surface area contributed by atoms with Crippen molar-refractivity contribution in [3.63, 3.8) is 0 Å². The van der Waals surface area contributed by atoms with Crippen molar-refractivity contribution < 1.29 is 9.53 Å². The Bertz CT molecular complexity index is 565. The summed E-state index contributed by atoms with van der Waals surface area (Å²) >= 11 is 1.60. The molecule has 1 N–H and O–H groups in total. The Hall–Kier alpha value is -1.18. The van der Waals surface area contributed by atoms with Gasteiger partial charge in [-0.3, -0.25) is 5.32 Å². The summed E-state index contributed by atoms with van der Waals surface area (Å²) in [4.78, 5) is 22.5. The van der Waals surface area contributed by atoms with Crippen LogP contribution in [0.1, 0.15) is 43.4 Å². The predicted octanol–water partition coefficient (Wildman–Crippen LogP) is 3.23. The highest BCUT2D eigenvalue weighted by molar-refractivity contribution is 7.15. The van der Waals surface area contributed by atoms with Crippen LogP contribution in [0, 0.1) is 5.92 Å². The molecule has 0 spiro atoms. The first-order valence-electron chi connectivity index (χ1n) is 9.30. The predicted molar refractivity (Wildman–Crippen MR) is 101 cm³/mol. The van der Waals surface area contributed by atoms with Gasteiger partial charge >= 0.3 is 6.03 Å². The number of hydrogen-bond donors (Lipinski definition) is 1. The number of nitrogens with one attached hydrogen (secondary N) is 1. The monoisotopic (exact) mass is 366 g/mol. The summed E-state index contributed by atoms with van der Waals surface area (Å²) < 4.78 is 5.42. The van der Waals surface area contributed by atoms with Crippen LogP contribution in [-0.4, -0.2) is 67.3 Å². The molecular formula is C18H30N4O2S. The molecule has 2 saturated heterocycles. The van der Waals surface area contributed by atoms with E-state index < -0.39 is 0 Å². The number of hydrogen-bond acceptors (Lipinski definition) is 5. The van der Waals surface area contributed by atoms with E-state index in [1.807, 2.05) is 18.1 Å². The Morgan fingerprint density at radius 2 is 2.04 bits per heavy atom. The molecule has 0 radical (unpaired) electrons. The third-order valence-electron chi connectivity index (χ3n) is 5.74. The molecule has 7 heteroatoms. The minimum atomic E-state index is -0.0562. The second-order valence-corrected chi connectivity index (χ2v) is 8.44. The average Bonchev–Trinajstić information content (AvgIpc) is 3.10. The molecule has 2 amide bonds. The quantitative estimate of drug-likeness (QED) is 0.889. The molecule has 2 aliphatic rings. The van der Waals surface area contributed by atoms with E-state index in [2.05, 4.69) is 29.2 Å². The van der Waals surface area contributed by atoms with Crippen molar-refractivity contribution in [2.45, 2.75) is 44.6 Å². The van der Waals surface area contributed by atoms with E-state index in [-0.39, 0.29) is 12.1 Å². The van der Waals surface area contributed by atoms with E-state index >= 15 is 0 Å². The number of rotatable bonds is 4. The van der Waals surface area contributed by atoms with Crippen molar-refractivity contribution in [1.82, 2.24) is 14.8 Å². The average molecular weight is 367 g/mol. The van der Waals surface area contributed by atoms with Gasteiger partial charge in [0.15, 0.2) is 5.13 Å². The zero-order valence-electron chi connectivity index (χ0n) is 15.5. The number of thiazole rings is 1. The first kappa shape index (κ1) is 18.6. The minimum absolute atomic E-state index is 0.0562. The summed E-state index contributed by atoms with van der Waals surface area (Å²) in [5.74, 6) is 1.09. The maximum Gasteiger partial charge on any atom is 0.323 e. The molecule has 0 saturated carbocycles. The van der Waals surface area contributed by atoms with Gasteiger partial charge in [0.25, 0.3) is 0 Å². The standard InChI is InChI=1S/C18H30N4O2S/c1-13(14-4-8-21(2)9-5-14)22(3)18(23)20-17-19-12-16(25-17)15-6-10-24-11-7-15/h12-15H,4-11H2,1-3H3,(H,19,20,23). The zero-order chi connectivity index (χ0) is 17.8. The minimum Gasteiger partial charge on any atom is -0.381 e. The van der Waals surface area contributed by atoms with Gasteiger partial charge in [0.1, 0.15) is 0 Å². The van der Waals surface area contributed by atoms with Crippen LogP contribution in [0.15, 0.2) is 6.20 Å². The van der Waals surface area contributed by atoms with Crippen molar-refractivity contribution in [3.8, 4) is 0 Å². The number of likely N-dealkylation sites (tertiary alicyclic amines) is 1. The van der Waals surface area contributed by atoms with Gasteiger partial charge < -0.3 is 14.5 Å². The molecule has 1 aromatic heterocycles. The number of carbonyl (C=O) groups excluding carboxylic acids is 1. The van der Waals surface area contributed by atoms with E-state index in [4.69, 9.17) is 4.74 Å². The van der Waals surface area contributed by atoms with Crippen molar-refractivity contribution >= 4 is 22.5 Å². The Balaban J connectivity index is 1.53. The maximum atomic E-state index is 12.6. The van der Waals surface area contributed by atoms with E-state index in [0.717, 1.165) is 52.0 Å². The van der Waals surface area contributed by atoms with Gasteiger partial charge in [-0.05, 0) is 64.6 Å². The molecule has 6 nitrogen and oxygen atoms in total. The Kier molecular flexibility index (Phi) is 6.30. The van der Waals surface area contributed by atoms with Gasteiger partial charge in [0.2, 0.25) is 0 Å². The fourth-order valence-corrected chi connectivity index (χ4v) is 4.68. The molecule has 3 heterocycles. The van der Waals surface area contributed by atoms with Crippen molar-refractivity contribution in [1.29, 1.82) is 0 Å². The third kappa shape index (κ3) is 4.71. The first-order chi connectivity index (χ1) is 12.0. The highest BCUT2D eigenvalue weighted by Crippen LogP contribution is 2.33. The number of ether oxygens (including phenoxy) is 1. The lowest BCUT2D eigenvalue weighted by Gasteiger charge is -2.36.